The molecule has 180 valence electrons. The normalized spacial score (nSPS) is 17.9. The third-order valence-corrected chi connectivity index (χ3v) is 6.01. The largest absolute Gasteiger partial charge is 0.487 e. The minimum absolute atomic E-state index is 0.164. The van der Waals surface area contributed by atoms with E-state index in [1.807, 2.05) is 0 Å². The van der Waals surface area contributed by atoms with Crippen LogP contribution in [0.5, 0.6) is 5.75 Å². The zero-order valence-corrected chi connectivity index (χ0v) is 19.4. The summed E-state index contributed by atoms with van der Waals surface area (Å²) >= 11 is 5.82. The average Bonchev–Trinajstić information content (AvgIpc) is 2.83. The van der Waals surface area contributed by atoms with Crippen molar-refractivity contribution in [2.45, 2.75) is 44.4 Å². The Bertz CT molecular complexity index is 1200. The Labute approximate surface area is 201 Å². The first-order valence-corrected chi connectivity index (χ1v) is 11.7. The Morgan fingerprint density at radius 3 is 2.65 bits per heavy atom. The minimum Gasteiger partial charge on any atom is -0.487 e. The smallest absolute Gasteiger partial charge is 0.273 e. The molecule has 4 N–H and O–H groups in total. The first-order valence-electron chi connectivity index (χ1n) is 11.3. The number of H-pyrrole nitrogens is 1. The number of aliphatic hydroxyl groups is 1. The maximum absolute atomic E-state index is 12.6. The van der Waals surface area contributed by atoms with Crippen LogP contribution in [0.25, 0.3) is 5.69 Å². The van der Waals surface area contributed by atoms with Gasteiger partial charge in [0.05, 0.1) is 16.8 Å². The zero-order valence-electron chi connectivity index (χ0n) is 18.7. The topological polar surface area (TPSA) is 121 Å². The van der Waals surface area contributed by atoms with E-state index in [1.165, 1.54) is 23.0 Å². The van der Waals surface area contributed by atoms with E-state index in [9.17, 15) is 14.7 Å². The van der Waals surface area contributed by atoms with E-state index < -0.39 is 0 Å². The predicted octanol–water partition coefficient (Wildman–Crippen LogP) is 2.46. The maximum Gasteiger partial charge on any atom is 0.273 e. The van der Waals surface area contributed by atoms with Gasteiger partial charge in [-0.15, -0.1) is 0 Å². The van der Waals surface area contributed by atoms with Crippen molar-refractivity contribution in [3.05, 3.63) is 80.2 Å². The second-order valence-electron chi connectivity index (χ2n) is 8.30. The molecule has 0 atom stereocenters. The van der Waals surface area contributed by atoms with E-state index >= 15 is 0 Å². The average molecular weight is 486 g/mol. The molecule has 4 rings (SSSR count). The van der Waals surface area contributed by atoms with Crippen molar-refractivity contribution in [3.63, 3.8) is 0 Å². The molecule has 1 aliphatic carbocycles. The van der Waals surface area contributed by atoms with Crippen LogP contribution in [0.2, 0.25) is 5.02 Å². The number of hydrogen-bond acceptors (Lipinski definition) is 7. The fourth-order valence-corrected chi connectivity index (χ4v) is 4.02. The van der Waals surface area contributed by atoms with E-state index in [4.69, 9.17) is 16.3 Å². The zero-order chi connectivity index (χ0) is 23.9. The Morgan fingerprint density at radius 1 is 1.12 bits per heavy atom. The van der Waals surface area contributed by atoms with E-state index in [0.29, 0.717) is 34.9 Å². The third-order valence-electron chi connectivity index (χ3n) is 5.78. The molecule has 3 heterocycles. The van der Waals surface area contributed by atoms with Crippen LogP contribution >= 0.6 is 11.6 Å². The van der Waals surface area contributed by atoms with Crippen LogP contribution in [0.1, 0.15) is 31.4 Å². The lowest BCUT2D eigenvalue weighted by Crippen LogP contribution is -2.37. The van der Waals surface area contributed by atoms with Crippen LogP contribution in [0, 0.1) is 0 Å². The predicted molar refractivity (Wildman–Crippen MR) is 131 cm³/mol. The maximum atomic E-state index is 12.6. The van der Waals surface area contributed by atoms with Gasteiger partial charge in [-0.05, 0) is 56.0 Å². The van der Waals surface area contributed by atoms with Crippen LogP contribution in [0.4, 0.5) is 5.82 Å². The van der Waals surface area contributed by atoms with Crippen molar-refractivity contribution >= 4 is 17.4 Å². The van der Waals surface area contributed by atoms with Crippen LogP contribution in [-0.2, 0) is 6.61 Å². The molecule has 3 aromatic rings. The molecular formula is C24H28ClN5O4. The fourth-order valence-electron chi connectivity index (χ4n) is 3.91. The Morgan fingerprint density at radius 2 is 1.94 bits per heavy atom. The third kappa shape index (κ3) is 6.47. The van der Waals surface area contributed by atoms with Crippen LogP contribution in [0.15, 0.2) is 58.4 Å². The van der Waals surface area contributed by atoms with Gasteiger partial charge in [0.1, 0.15) is 23.9 Å². The molecule has 0 radical (unpaired) electrons. The number of aliphatic hydroxyl groups excluding tert-OH is 1. The molecule has 10 heteroatoms. The number of aromatic nitrogens is 3. The number of rotatable bonds is 9. The number of pyridine rings is 3. The molecule has 0 spiro atoms. The van der Waals surface area contributed by atoms with Gasteiger partial charge in [-0.25, -0.2) is 0 Å². The summed E-state index contributed by atoms with van der Waals surface area (Å²) in [6.07, 6.45) is 6.50. The molecule has 1 saturated carbocycles. The van der Waals surface area contributed by atoms with Gasteiger partial charge in [0.15, 0.2) is 0 Å². The van der Waals surface area contributed by atoms with Crippen LogP contribution in [0.3, 0.4) is 0 Å². The summed E-state index contributed by atoms with van der Waals surface area (Å²) in [4.78, 5) is 32.1. The summed E-state index contributed by atoms with van der Waals surface area (Å²) in [5.74, 6) is 0.964. The van der Waals surface area contributed by atoms with Crippen molar-refractivity contribution in [2.24, 2.45) is 0 Å². The molecule has 0 bridgehead atoms. The lowest BCUT2D eigenvalue weighted by molar-refractivity contribution is 0.117. The Balaban J connectivity index is 1.31. The summed E-state index contributed by atoms with van der Waals surface area (Å²) in [7, 11) is 0. The molecule has 1 aliphatic rings. The van der Waals surface area contributed by atoms with Gasteiger partial charge in [0, 0.05) is 37.6 Å². The summed E-state index contributed by atoms with van der Waals surface area (Å²) in [6.45, 7) is 1.58. The number of nitrogens with zero attached hydrogens (tertiary/aromatic N) is 2. The first-order chi connectivity index (χ1) is 16.5. The van der Waals surface area contributed by atoms with Crippen molar-refractivity contribution in [2.75, 3.05) is 18.4 Å². The van der Waals surface area contributed by atoms with Crippen molar-refractivity contribution in [3.8, 4) is 11.4 Å². The molecule has 0 aliphatic heterocycles. The summed E-state index contributed by atoms with van der Waals surface area (Å²) in [5.41, 5.74) is 0.149. The molecular weight excluding hydrogens is 458 g/mol. The van der Waals surface area contributed by atoms with Crippen molar-refractivity contribution in [1.29, 1.82) is 0 Å². The van der Waals surface area contributed by atoms with Crippen LogP contribution in [-0.4, -0.2) is 44.9 Å². The summed E-state index contributed by atoms with van der Waals surface area (Å²) < 4.78 is 6.90. The molecule has 0 unspecified atom stereocenters. The number of halogens is 1. The molecule has 3 aromatic heterocycles. The number of aromatic amines is 1. The second kappa shape index (κ2) is 11.3. The first kappa shape index (κ1) is 24.0. The Kier molecular flexibility index (Phi) is 7.99. The van der Waals surface area contributed by atoms with Gasteiger partial charge in [-0.3, -0.25) is 19.1 Å². The van der Waals surface area contributed by atoms with E-state index in [2.05, 4.69) is 20.6 Å². The number of anilines is 1. The standard InChI is InChI=1S/C24H28ClN5O4/c25-16-1-2-18(28-14-16)15-34-20-9-12-30(23(32)13-20)21-7-8-22(29-24(21)33)27-11-10-26-17-3-5-19(31)6-4-17/h1-2,7-9,12-14,17,19,26,31H,3-6,10-11,15H2,(H2,27,29,33)/t17-,19-. The van der Waals surface area contributed by atoms with Gasteiger partial charge in [0.2, 0.25) is 0 Å². The lowest BCUT2D eigenvalue weighted by atomic mass is 9.93. The molecule has 0 aromatic carbocycles. The highest BCUT2D eigenvalue weighted by Gasteiger charge is 2.18. The second-order valence-corrected chi connectivity index (χ2v) is 8.74. The minimum atomic E-state index is -0.380. The van der Waals surface area contributed by atoms with Gasteiger partial charge in [0.25, 0.3) is 11.1 Å². The highest BCUT2D eigenvalue weighted by atomic mass is 35.5. The molecule has 34 heavy (non-hydrogen) atoms. The molecule has 1 fully saturated rings. The van der Waals surface area contributed by atoms with Gasteiger partial charge < -0.3 is 25.5 Å². The Hall–Kier alpha value is -3.14. The monoisotopic (exact) mass is 485 g/mol. The molecule has 0 saturated heterocycles. The van der Waals surface area contributed by atoms with E-state index in [1.54, 1.807) is 30.3 Å². The van der Waals surface area contributed by atoms with Gasteiger partial charge in [-0.1, -0.05) is 11.6 Å². The number of hydrogen-bond donors (Lipinski definition) is 4. The van der Waals surface area contributed by atoms with Crippen molar-refractivity contribution < 1.29 is 9.84 Å². The molecule has 9 nitrogen and oxygen atoms in total. The quantitative estimate of drug-likeness (QED) is 0.343. The van der Waals surface area contributed by atoms with Gasteiger partial charge >= 0.3 is 0 Å². The van der Waals surface area contributed by atoms with E-state index in [0.717, 1.165) is 32.2 Å². The number of ether oxygens (including phenoxy) is 1. The highest BCUT2D eigenvalue weighted by Crippen LogP contribution is 2.18. The SMILES string of the molecule is O=c1[nH]c(NCCN[C@H]2CC[C@H](O)CC2)ccc1-n1ccc(OCc2ccc(Cl)cn2)cc1=O. The summed E-state index contributed by atoms with van der Waals surface area (Å²) in [5, 5.41) is 16.8. The molecule has 0 amide bonds. The van der Waals surface area contributed by atoms with E-state index in [-0.39, 0.29) is 29.5 Å². The summed E-state index contributed by atoms with van der Waals surface area (Å²) in [6, 6.07) is 10.2. The number of nitrogens with one attached hydrogen (secondary N) is 3. The fraction of sp³-hybridized carbons (Fsp3) is 0.375. The lowest BCUT2D eigenvalue weighted by Gasteiger charge is -2.26. The van der Waals surface area contributed by atoms with Crippen molar-refractivity contribution in [1.82, 2.24) is 19.9 Å². The van der Waals surface area contributed by atoms with Gasteiger partial charge in [-0.2, -0.15) is 0 Å². The van der Waals surface area contributed by atoms with Crippen LogP contribution < -0.4 is 26.5 Å². The highest BCUT2D eigenvalue weighted by molar-refractivity contribution is 6.30.